The molecule has 0 saturated carbocycles. The fourth-order valence-electron chi connectivity index (χ4n) is 4.43. The lowest BCUT2D eigenvalue weighted by molar-refractivity contribution is -0.132. The number of ether oxygens (including phenoxy) is 1. The number of aromatic amines is 1. The summed E-state index contributed by atoms with van der Waals surface area (Å²) in [5.41, 5.74) is 4.47. The normalized spacial score (nSPS) is 17.4. The van der Waals surface area contributed by atoms with Crippen LogP contribution in [0.25, 0.3) is 10.9 Å². The first-order chi connectivity index (χ1) is 16.2. The minimum atomic E-state index is -0.0847. The molecule has 5 rings (SSSR count). The number of rotatable bonds is 7. The van der Waals surface area contributed by atoms with Crippen LogP contribution in [0, 0.1) is 0 Å². The van der Waals surface area contributed by atoms with E-state index in [4.69, 9.17) is 4.74 Å². The molecular weight excluding hydrogens is 412 g/mol. The summed E-state index contributed by atoms with van der Waals surface area (Å²) in [4.78, 5) is 24.9. The summed E-state index contributed by atoms with van der Waals surface area (Å²) in [5.74, 6) is 0.115. The predicted molar refractivity (Wildman–Crippen MR) is 128 cm³/mol. The van der Waals surface area contributed by atoms with Gasteiger partial charge in [-0.1, -0.05) is 54.6 Å². The molecule has 0 bridgehead atoms. The molecule has 6 nitrogen and oxygen atoms in total. The molecule has 1 aliphatic heterocycles. The first-order valence-corrected chi connectivity index (χ1v) is 11.3. The van der Waals surface area contributed by atoms with Crippen LogP contribution in [0.5, 0.6) is 0 Å². The van der Waals surface area contributed by atoms with Crippen molar-refractivity contribution in [3.8, 4) is 0 Å². The number of H-pyrrole nitrogens is 1. The lowest BCUT2D eigenvalue weighted by atomic mass is 10.1. The van der Waals surface area contributed by atoms with Crippen LogP contribution in [-0.2, 0) is 29.2 Å². The number of para-hydroxylation sites is 1. The van der Waals surface area contributed by atoms with Crippen LogP contribution in [0.3, 0.4) is 0 Å². The second-order valence-electron chi connectivity index (χ2n) is 8.58. The molecule has 2 aromatic carbocycles. The largest absolute Gasteiger partial charge is 0.370 e. The lowest BCUT2D eigenvalue weighted by Gasteiger charge is -2.25. The Morgan fingerprint density at radius 2 is 1.76 bits per heavy atom. The average molecular weight is 441 g/mol. The Morgan fingerprint density at radius 3 is 2.61 bits per heavy atom. The molecule has 3 heterocycles. The van der Waals surface area contributed by atoms with E-state index in [-0.39, 0.29) is 12.0 Å². The number of carbonyl (C=O) groups is 1. The van der Waals surface area contributed by atoms with Gasteiger partial charge in [0, 0.05) is 55.7 Å². The Bertz CT molecular complexity index is 1190. The molecule has 1 amide bonds. The zero-order chi connectivity index (χ0) is 22.5. The zero-order valence-electron chi connectivity index (χ0n) is 18.6. The molecule has 2 aromatic heterocycles. The second kappa shape index (κ2) is 9.98. The van der Waals surface area contributed by atoms with E-state index in [1.54, 1.807) is 6.20 Å². The highest BCUT2D eigenvalue weighted by Crippen LogP contribution is 2.21. The van der Waals surface area contributed by atoms with Gasteiger partial charge in [-0.05, 0) is 28.8 Å². The van der Waals surface area contributed by atoms with Crippen molar-refractivity contribution in [1.29, 1.82) is 0 Å². The Balaban J connectivity index is 1.34. The van der Waals surface area contributed by atoms with E-state index in [1.807, 2.05) is 53.7 Å². The Hall–Kier alpha value is -3.48. The maximum Gasteiger partial charge on any atom is 0.237 e. The zero-order valence-corrected chi connectivity index (χ0v) is 18.6. The monoisotopic (exact) mass is 440 g/mol. The Kier molecular flexibility index (Phi) is 6.46. The van der Waals surface area contributed by atoms with E-state index in [0.29, 0.717) is 39.3 Å². The fraction of sp³-hybridized carbons (Fsp3) is 0.259. The number of amides is 1. The summed E-state index contributed by atoms with van der Waals surface area (Å²) in [6.45, 7) is 3.39. The molecule has 168 valence electrons. The van der Waals surface area contributed by atoms with E-state index in [9.17, 15) is 4.79 Å². The van der Waals surface area contributed by atoms with E-state index < -0.39 is 0 Å². The van der Waals surface area contributed by atoms with Gasteiger partial charge in [-0.25, -0.2) is 0 Å². The standard InChI is InChI=1S/C27H28N4O2/c32-27-19-30(16-23-14-29-26-11-5-4-10-25(23)26)17-24(33-20-21-7-2-1-3-8-21)18-31(27)15-22-9-6-12-28-13-22/h1-14,24,29H,15-20H2. The van der Waals surface area contributed by atoms with Crippen molar-refractivity contribution in [1.82, 2.24) is 19.8 Å². The van der Waals surface area contributed by atoms with Crippen LogP contribution in [0.4, 0.5) is 0 Å². The van der Waals surface area contributed by atoms with Crippen LogP contribution in [0.2, 0.25) is 0 Å². The number of benzene rings is 2. The Morgan fingerprint density at radius 1 is 0.939 bits per heavy atom. The number of fused-ring (bicyclic) bond motifs is 1. The van der Waals surface area contributed by atoms with Gasteiger partial charge in [-0.2, -0.15) is 0 Å². The minimum Gasteiger partial charge on any atom is -0.370 e. The second-order valence-corrected chi connectivity index (χ2v) is 8.58. The van der Waals surface area contributed by atoms with Crippen molar-refractivity contribution in [2.24, 2.45) is 0 Å². The van der Waals surface area contributed by atoms with E-state index in [1.165, 1.54) is 10.9 Å². The number of hydrogen-bond donors (Lipinski definition) is 1. The number of hydrogen-bond acceptors (Lipinski definition) is 4. The highest BCUT2D eigenvalue weighted by molar-refractivity contribution is 5.83. The van der Waals surface area contributed by atoms with Gasteiger partial charge in [0.25, 0.3) is 0 Å². The van der Waals surface area contributed by atoms with Gasteiger partial charge in [0.15, 0.2) is 0 Å². The van der Waals surface area contributed by atoms with Crippen LogP contribution < -0.4 is 0 Å². The van der Waals surface area contributed by atoms with Crippen LogP contribution >= 0.6 is 0 Å². The number of aromatic nitrogens is 2. The maximum atomic E-state index is 13.2. The van der Waals surface area contributed by atoms with Crippen molar-refractivity contribution < 1.29 is 9.53 Å². The van der Waals surface area contributed by atoms with Crippen LogP contribution in [-0.4, -0.2) is 51.4 Å². The third-order valence-corrected chi connectivity index (χ3v) is 6.09. The van der Waals surface area contributed by atoms with Crippen LogP contribution in [0.1, 0.15) is 16.7 Å². The maximum absolute atomic E-state index is 13.2. The molecule has 0 spiro atoms. The summed E-state index contributed by atoms with van der Waals surface area (Å²) in [7, 11) is 0. The van der Waals surface area contributed by atoms with Crippen molar-refractivity contribution in [3.63, 3.8) is 0 Å². The van der Waals surface area contributed by atoms with Crippen LogP contribution in [0.15, 0.2) is 85.3 Å². The molecule has 4 aromatic rings. The summed E-state index contributed by atoms with van der Waals surface area (Å²) in [6.07, 6.45) is 5.54. The van der Waals surface area contributed by atoms with E-state index in [0.717, 1.165) is 16.6 Å². The van der Waals surface area contributed by atoms with Crippen molar-refractivity contribution in [3.05, 3.63) is 102 Å². The average Bonchev–Trinajstić information content (AvgIpc) is 3.19. The summed E-state index contributed by atoms with van der Waals surface area (Å²) < 4.78 is 6.34. The molecule has 1 atom stereocenters. The third kappa shape index (κ3) is 5.30. The molecule has 1 aliphatic rings. The highest BCUT2D eigenvalue weighted by atomic mass is 16.5. The topological polar surface area (TPSA) is 61.5 Å². The van der Waals surface area contributed by atoms with Gasteiger partial charge in [-0.15, -0.1) is 0 Å². The van der Waals surface area contributed by atoms with E-state index >= 15 is 0 Å². The van der Waals surface area contributed by atoms with Crippen molar-refractivity contribution in [2.75, 3.05) is 19.6 Å². The van der Waals surface area contributed by atoms with Gasteiger partial charge < -0.3 is 14.6 Å². The van der Waals surface area contributed by atoms with Crippen molar-refractivity contribution >= 4 is 16.8 Å². The molecule has 6 heteroatoms. The smallest absolute Gasteiger partial charge is 0.237 e. The molecule has 1 N–H and O–H groups in total. The molecule has 1 saturated heterocycles. The first-order valence-electron chi connectivity index (χ1n) is 11.3. The SMILES string of the molecule is O=C1CN(Cc2c[nH]c3ccccc23)CC(OCc2ccccc2)CN1Cc1cccnc1. The van der Waals surface area contributed by atoms with Gasteiger partial charge >= 0.3 is 0 Å². The quantitative estimate of drug-likeness (QED) is 0.472. The fourth-order valence-corrected chi connectivity index (χ4v) is 4.43. The molecular formula is C27H28N4O2. The minimum absolute atomic E-state index is 0.0847. The van der Waals surface area contributed by atoms with Gasteiger partial charge in [0.1, 0.15) is 0 Å². The van der Waals surface area contributed by atoms with Crippen molar-refractivity contribution in [2.45, 2.75) is 25.8 Å². The summed E-state index contributed by atoms with van der Waals surface area (Å²) in [6, 6.07) is 22.4. The number of nitrogens with one attached hydrogen (secondary N) is 1. The Labute approximate surface area is 193 Å². The number of pyridine rings is 1. The molecule has 0 radical (unpaired) electrons. The highest BCUT2D eigenvalue weighted by Gasteiger charge is 2.29. The lowest BCUT2D eigenvalue weighted by Crippen LogP contribution is -2.37. The van der Waals surface area contributed by atoms with Gasteiger partial charge in [0.2, 0.25) is 5.91 Å². The number of carbonyl (C=O) groups excluding carboxylic acids is 1. The molecule has 1 fully saturated rings. The van der Waals surface area contributed by atoms with Gasteiger partial charge in [0.05, 0.1) is 19.3 Å². The summed E-state index contributed by atoms with van der Waals surface area (Å²) in [5, 5.41) is 1.20. The molecule has 33 heavy (non-hydrogen) atoms. The molecule has 1 unspecified atom stereocenters. The molecule has 0 aliphatic carbocycles. The van der Waals surface area contributed by atoms with E-state index in [2.05, 4.69) is 45.2 Å². The predicted octanol–water partition coefficient (Wildman–Crippen LogP) is 3.99. The van der Waals surface area contributed by atoms with Gasteiger partial charge in [-0.3, -0.25) is 14.7 Å². The number of nitrogens with zero attached hydrogens (tertiary/aromatic N) is 3. The summed E-state index contributed by atoms with van der Waals surface area (Å²) >= 11 is 0. The third-order valence-electron chi connectivity index (χ3n) is 6.09. The first kappa shape index (κ1) is 21.4.